The summed E-state index contributed by atoms with van der Waals surface area (Å²) in [6.07, 6.45) is 9.99. The fourth-order valence-corrected chi connectivity index (χ4v) is 4.78. The summed E-state index contributed by atoms with van der Waals surface area (Å²) in [6.45, 7) is 0. The predicted octanol–water partition coefficient (Wildman–Crippen LogP) is 6.30. The number of nitrogens with one attached hydrogen (secondary N) is 1. The van der Waals surface area contributed by atoms with Gasteiger partial charge in [0.25, 0.3) is 0 Å². The number of pyridine rings is 1. The van der Waals surface area contributed by atoms with Crippen LogP contribution in [0.3, 0.4) is 0 Å². The number of rotatable bonds is 5. The zero-order chi connectivity index (χ0) is 21.0. The van der Waals surface area contributed by atoms with Crippen molar-refractivity contribution in [3.05, 3.63) is 90.8 Å². The summed E-state index contributed by atoms with van der Waals surface area (Å²) >= 11 is 0. The van der Waals surface area contributed by atoms with Crippen molar-refractivity contribution < 1.29 is 4.79 Å². The largest absolute Gasteiger partial charge is 0.326 e. The van der Waals surface area contributed by atoms with Gasteiger partial charge in [0.15, 0.2) is 0 Å². The van der Waals surface area contributed by atoms with E-state index in [-0.39, 0.29) is 11.8 Å². The number of carbonyl (C=O) groups excluding carboxylic acids is 1. The summed E-state index contributed by atoms with van der Waals surface area (Å²) < 4.78 is 2.01. The molecule has 2 heterocycles. The van der Waals surface area contributed by atoms with E-state index in [4.69, 9.17) is 0 Å². The van der Waals surface area contributed by atoms with Crippen LogP contribution in [0.1, 0.15) is 43.6 Å². The zero-order valence-corrected chi connectivity index (χ0v) is 17.6. The average molecular weight is 410 g/mol. The van der Waals surface area contributed by atoms with Crippen molar-refractivity contribution >= 4 is 17.2 Å². The number of imidazole rings is 1. The third-order valence-corrected chi connectivity index (χ3v) is 6.37. The molecule has 1 unspecified atom stereocenters. The lowest BCUT2D eigenvalue weighted by Crippen LogP contribution is -2.29. The van der Waals surface area contributed by atoms with E-state index in [1.807, 2.05) is 77.5 Å². The zero-order valence-electron chi connectivity index (χ0n) is 17.6. The fraction of sp³-hybridized carbons (Fsp3) is 0.259. The molecule has 1 fully saturated rings. The third kappa shape index (κ3) is 4.24. The molecule has 156 valence electrons. The second-order valence-electron chi connectivity index (χ2n) is 8.45. The second-order valence-corrected chi connectivity index (χ2v) is 8.45. The Morgan fingerprint density at radius 2 is 1.65 bits per heavy atom. The SMILES string of the molecule is O=C(Nc1ccc(-c2cn3ccccc3n2)cc1)C(c1ccccc1)C1CCCCC1. The van der Waals surface area contributed by atoms with Crippen LogP contribution in [-0.2, 0) is 4.79 Å². The topological polar surface area (TPSA) is 46.4 Å². The molecule has 0 aliphatic heterocycles. The highest BCUT2D eigenvalue weighted by Crippen LogP contribution is 2.37. The van der Waals surface area contributed by atoms with Gasteiger partial charge in [0.1, 0.15) is 5.65 Å². The van der Waals surface area contributed by atoms with Gasteiger partial charge < -0.3 is 9.72 Å². The van der Waals surface area contributed by atoms with E-state index in [1.54, 1.807) is 0 Å². The fourth-order valence-electron chi connectivity index (χ4n) is 4.78. The Kier molecular flexibility index (Phi) is 5.53. The van der Waals surface area contributed by atoms with Gasteiger partial charge in [-0.3, -0.25) is 4.79 Å². The number of benzene rings is 2. The Morgan fingerprint density at radius 3 is 2.39 bits per heavy atom. The molecule has 0 radical (unpaired) electrons. The summed E-state index contributed by atoms with van der Waals surface area (Å²) in [5, 5.41) is 3.18. The van der Waals surface area contributed by atoms with Crippen molar-refractivity contribution in [1.29, 1.82) is 0 Å². The van der Waals surface area contributed by atoms with E-state index in [2.05, 4.69) is 22.4 Å². The number of anilines is 1. The molecule has 1 atom stereocenters. The molecule has 1 N–H and O–H groups in total. The Hall–Kier alpha value is -3.40. The Morgan fingerprint density at radius 1 is 0.903 bits per heavy atom. The molecule has 1 aliphatic carbocycles. The smallest absolute Gasteiger partial charge is 0.232 e. The first-order valence-corrected chi connectivity index (χ1v) is 11.2. The lowest BCUT2D eigenvalue weighted by molar-refractivity contribution is -0.119. The molecule has 0 bridgehead atoms. The van der Waals surface area contributed by atoms with Gasteiger partial charge in [-0.2, -0.15) is 0 Å². The third-order valence-electron chi connectivity index (χ3n) is 6.37. The lowest BCUT2D eigenvalue weighted by atomic mass is 9.76. The first kappa shape index (κ1) is 19.6. The van der Waals surface area contributed by atoms with Crippen LogP contribution in [0, 0.1) is 5.92 Å². The molecule has 1 amide bonds. The Bertz CT molecular complexity index is 1130. The maximum Gasteiger partial charge on any atom is 0.232 e. The number of carbonyl (C=O) groups is 1. The molecule has 5 rings (SSSR count). The quantitative estimate of drug-likeness (QED) is 0.420. The lowest BCUT2D eigenvalue weighted by Gasteiger charge is -2.29. The molecule has 2 aromatic heterocycles. The van der Waals surface area contributed by atoms with Crippen LogP contribution in [0.25, 0.3) is 16.9 Å². The Labute approximate surface area is 183 Å². The van der Waals surface area contributed by atoms with Gasteiger partial charge in [-0.05, 0) is 48.6 Å². The summed E-state index contributed by atoms with van der Waals surface area (Å²) in [4.78, 5) is 18.0. The van der Waals surface area contributed by atoms with Crippen LogP contribution in [0.5, 0.6) is 0 Å². The van der Waals surface area contributed by atoms with Gasteiger partial charge in [-0.25, -0.2) is 4.98 Å². The molecule has 31 heavy (non-hydrogen) atoms. The average Bonchev–Trinajstić information content (AvgIpc) is 3.25. The predicted molar refractivity (Wildman–Crippen MR) is 125 cm³/mol. The van der Waals surface area contributed by atoms with Crippen LogP contribution in [0.15, 0.2) is 85.2 Å². The minimum absolute atomic E-state index is 0.0959. The summed E-state index contributed by atoms with van der Waals surface area (Å²) in [6, 6.07) is 24.2. The number of hydrogen-bond donors (Lipinski definition) is 1. The number of aromatic nitrogens is 2. The van der Waals surface area contributed by atoms with E-state index in [9.17, 15) is 4.79 Å². The van der Waals surface area contributed by atoms with Crippen LogP contribution in [-0.4, -0.2) is 15.3 Å². The molecule has 0 spiro atoms. The van der Waals surface area contributed by atoms with E-state index in [1.165, 1.54) is 19.3 Å². The van der Waals surface area contributed by atoms with Crippen molar-refractivity contribution in [2.75, 3.05) is 5.32 Å². The monoisotopic (exact) mass is 409 g/mol. The van der Waals surface area contributed by atoms with Crippen LogP contribution in [0.4, 0.5) is 5.69 Å². The molecule has 0 saturated heterocycles. The van der Waals surface area contributed by atoms with E-state index >= 15 is 0 Å². The molecule has 4 aromatic rings. The highest BCUT2D eigenvalue weighted by molar-refractivity contribution is 5.96. The number of fused-ring (bicyclic) bond motifs is 1. The summed E-state index contributed by atoms with van der Waals surface area (Å²) in [5.74, 6) is 0.409. The highest BCUT2D eigenvalue weighted by atomic mass is 16.1. The standard InChI is InChI=1S/C27H27N3O/c31-27(26(21-9-3-1-4-10-21)22-11-5-2-6-12-22)28-23-16-14-20(15-17-23)24-19-30-18-8-7-13-25(30)29-24/h1,3-4,7-10,13-19,22,26H,2,5-6,11-12H2,(H,28,31). The molecule has 2 aromatic carbocycles. The molecule has 4 heteroatoms. The first-order chi connectivity index (χ1) is 15.3. The van der Waals surface area contributed by atoms with Gasteiger partial charge >= 0.3 is 0 Å². The molecular formula is C27H27N3O. The maximum atomic E-state index is 13.4. The van der Waals surface area contributed by atoms with Crippen LogP contribution in [0.2, 0.25) is 0 Å². The highest BCUT2D eigenvalue weighted by Gasteiger charge is 2.30. The number of amides is 1. The normalized spacial score (nSPS) is 15.6. The van der Waals surface area contributed by atoms with Crippen LogP contribution < -0.4 is 5.32 Å². The maximum absolute atomic E-state index is 13.4. The van der Waals surface area contributed by atoms with E-state index in [0.29, 0.717) is 5.92 Å². The van der Waals surface area contributed by atoms with Gasteiger partial charge in [-0.1, -0.05) is 67.8 Å². The van der Waals surface area contributed by atoms with Gasteiger partial charge in [0.2, 0.25) is 5.91 Å². The Balaban J connectivity index is 1.35. The van der Waals surface area contributed by atoms with Crippen molar-refractivity contribution in [3.8, 4) is 11.3 Å². The molecular weight excluding hydrogens is 382 g/mol. The second kappa shape index (κ2) is 8.76. The minimum atomic E-state index is -0.0976. The van der Waals surface area contributed by atoms with Gasteiger partial charge in [-0.15, -0.1) is 0 Å². The summed E-state index contributed by atoms with van der Waals surface area (Å²) in [5.41, 5.74) is 4.83. The van der Waals surface area contributed by atoms with Gasteiger partial charge in [0, 0.05) is 23.6 Å². The minimum Gasteiger partial charge on any atom is -0.326 e. The molecule has 4 nitrogen and oxygen atoms in total. The van der Waals surface area contributed by atoms with Crippen LogP contribution >= 0.6 is 0 Å². The number of hydrogen-bond acceptors (Lipinski definition) is 2. The van der Waals surface area contributed by atoms with Gasteiger partial charge in [0.05, 0.1) is 11.6 Å². The molecule has 1 saturated carbocycles. The van der Waals surface area contributed by atoms with E-state index in [0.717, 1.165) is 41.0 Å². The van der Waals surface area contributed by atoms with Crippen molar-refractivity contribution in [2.24, 2.45) is 5.92 Å². The van der Waals surface area contributed by atoms with Crippen molar-refractivity contribution in [1.82, 2.24) is 9.38 Å². The molecule has 1 aliphatic rings. The van der Waals surface area contributed by atoms with Crippen molar-refractivity contribution in [2.45, 2.75) is 38.0 Å². The van der Waals surface area contributed by atoms with E-state index < -0.39 is 0 Å². The first-order valence-electron chi connectivity index (χ1n) is 11.2. The summed E-state index contributed by atoms with van der Waals surface area (Å²) in [7, 11) is 0. The number of nitrogens with zero attached hydrogens (tertiary/aromatic N) is 2. The van der Waals surface area contributed by atoms with Crippen molar-refractivity contribution in [3.63, 3.8) is 0 Å².